The smallest absolute Gasteiger partial charge is 0.233 e. The molecule has 1 aliphatic heterocycles. The van der Waals surface area contributed by atoms with Gasteiger partial charge in [-0.25, -0.2) is 0 Å². The van der Waals surface area contributed by atoms with Gasteiger partial charge in [0, 0.05) is 18.2 Å². The van der Waals surface area contributed by atoms with E-state index in [2.05, 4.69) is 25.1 Å². The van der Waals surface area contributed by atoms with Crippen LogP contribution in [0, 0.1) is 5.41 Å². The lowest BCUT2D eigenvalue weighted by Gasteiger charge is -2.31. The third-order valence-corrected chi connectivity index (χ3v) is 3.89. The van der Waals surface area contributed by atoms with Crippen molar-refractivity contribution in [1.82, 2.24) is 0 Å². The number of anilines is 1. The lowest BCUT2D eigenvalue weighted by Crippen LogP contribution is -2.39. The molecule has 0 aromatic heterocycles. The first-order chi connectivity index (χ1) is 7.18. The first-order valence-corrected chi connectivity index (χ1v) is 5.59. The summed E-state index contributed by atoms with van der Waals surface area (Å²) in [7, 11) is 0. The van der Waals surface area contributed by atoms with Crippen molar-refractivity contribution in [3.05, 3.63) is 29.8 Å². The fourth-order valence-electron chi connectivity index (χ4n) is 2.81. The molecule has 1 aromatic carbocycles. The average molecular weight is 201 g/mol. The van der Waals surface area contributed by atoms with E-state index in [0.29, 0.717) is 11.8 Å². The van der Waals surface area contributed by atoms with Crippen molar-refractivity contribution < 1.29 is 4.79 Å². The second kappa shape index (κ2) is 2.63. The molecule has 0 N–H and O–H groups in total. The topological polar surface area (TPSA) is 20.3 Å². The van der Waals surface area contributed by atoms with Crippen molar-refractivity contribution in [2.24, 2.45) is 5.41 Å². The van der Waals surface area contributed by atoms with Crippen molar-refractivity contribution in [3.63, 3.8) is 0 Å². The van der Waals surface area contributed by atoms with Crippen molar-refractivity contribution in [2.75, 3.05) is 11.4 Å². The molecular formula is C13H15NO. The number of rotatable bonds is 1. The molecule has 1 saturated carbocycles. The number of benzene rings is 1. The fourth-order valence-corrected chi connectivity index (χ4v) is 2.81. The minimum atomic E-state index is -0.0929. The van der Waals surface area contributed by atoms with Gasteiger partial charge in [0.25, 0.3) is 0 Å². The van der Waals surface area contributed by atoms with Crippen molar-refractivity contribution in [1.29, 1.82) is 0 Å². The predicted octanol–water partition coefficient (Wildman–Crippen LogP) is 2.55. The van der Waals surface area contributed by atoms with Crippen LogP contribution in [0.3, 0.4) is 0 Å². The maximum Gasteiger partial charge on any atom is 0.233 e. The van der Waals surface area contributed by atoms with E-state index in [1.807, 2.05) is 17.9 Å². The maximum absolute atomic E-state index is 12.2. The van der Waals surface area contributed by atoms with Gasteiger partial charge in [-0.3, -0.25) is 4.79 Å². The summed E-state index contributed by atoms with van der Waals surface area (Å²) in [6, 6.07) is 8.32. The molecule has 3 rings (SSSR count). The van der Waals surface area contributed by atoms with Gasteiger partial charge in [0.05, 0.1) is 5.41 Å². The standard InChI is InChI=1S/C13H15NO/c1-3-14-11-7-5-4-6-9(11)10-8-13(10,2)12(14)15/h4-7,10H,3,8H2,1-2H3/t10-,13-/m1/s1. The summed E-state index contributed by atoms with van der Waals surface area (Å²) >= 11 is 0. The van der Waals surface area contributed by atoms with Gasteiger partial charge in [0.15, 0.2) is 0 Å². The van der Waals surface area contributed by atoms with Crippen LogP contribution in [0.2, 0.25) is 0 Å². The second-order valence-electron chi connectivity index (χ2n) is 4.78. The molecule has 1 aromatic rings. The van der Waals surface area contributed by atoms with E-state index in [-0.39, 0.29) is 5.41 Å². The van der Waals surface area contributed by atoms with Crippen molar-refractivity contribution >= 4 is 11.6 Å². The molecule has 1 amide bonds. The zero-order chi connectivity index (χ0) is 10.6. The van der Waals surface area contributed by atoms with Gasteiger partial charge in [0.2, 0.25) is 5.91 Å². The summed E-state index contributed by atoms with van der Waals surface area (Å²) in [5.74, 6) is 0.790. The number of carbonyl (C=O) groups is 1. The summed E-state index contributed by atoms with van der Waals surface area (Å²) in [6.07, 6.45) is 1.03. The van der Waals surface area contributed by atoms with Crippen LogP contribution in [-0.2, 0) is 4.79 Å². The van der Waals surface area contributed by atoms with Gasteiger partial charge in [0.1, 0.15) is 0 Å². The lowest BCUT2D eigenvalue weighted by atomic mass is 9.93. The summed E-state index contributed by atoms with van der Waals surface area (Å²) in [5.41, 5.74) is 2.40. The van der Waals surface area contributed by atoms with E-state index < -0.39 is 0 Å². The van der Waals surface area contributed by atoms with E-state index in [1.165, 1.54) is 5.56 Å². The van der Waals surface area contributed by atoms with E-state index >= 15 is 0 Å². The maximum atomic E-state index is 12.2. The first-order valence-electron chi connectivity index (χ1n) is 5.59. The number of hydrogen-bond acceptors (Lipinski definition) is 1. The Morgan fingerprint density at radius 1 is 1.47 bits per heavy atom. The highest BCUT2D eigenvalue weighted by Crippen LogP contribution is 2.64. The molecule has 2 nitrogen and oxygen atoms in total. The van der Waals surface area contributed by atoms with Gasteiger partial charge < -0.3 is 4.90 Å². The molecule has 78 valence electrons. The first kappa shape index (κ1) is 8.96. The van der Waals surface area contributed by atoms with E-state index in [1.54, 1.807) is 0 Å². The number of nitrogens with zero attached hydrogens (tertiary/aromatic N) is 1. The second-order valence-corrected chi connectivity index (χ2v) is 4.78. The van der Waals surface area contributed by atoms with E-state index in [9.17, 15) is 4.79 Å². The molecule has 0 spiro atoms. The number of amides is 1. The van der Waals surface area contributed by atoms with Crippen LogP contribution in [-0.4, -0.2) is 12.5 Å². The normalized spacial score (nSPS) is 32.3. The van der Waals surface area contributed by atoms with Crippen LogP contribution >= 0.6 is 0 Å². The molecule has 1 heterocycles. The monoisotopic (exact) mass is 201 g/mol. The molecular weight excluding hydrogens is 186 g/mol. The number of hydrogen-bond donors (Lipinski definition) is 0. The Kier molecular flexibility index (Phi) is 1.57. The molecule has 0 saturated heterocycles. The molecule has 0 bridgehead atoms. The van der Waals surface area contributed by atoms with Gasteiger partial charge in [-0.05, 0) is 25.0 Å². The molecule has 1 aliphatic carbocycles. The number of fused-ring (bicyclic) bond motifs is 3. The summed E-state index contributed by atoms with van der Waals surface area (Å²) in [4.78, 5) is 14.1. The Balaban J connectivity index is 2.18. The molecule has 2 atom stereocenters. The highest BCUT2D eigenvalue weighted by molar-refractivity contribution is 6.04. The average Bonchev–Trinajstić information content (AvgIpc) is 2.94. The largest absolute Gasteiger partial charge is 0.312 e. The van der Waals surface area contributed by atoms with Crippen LogP contribution < -0.4 is 4.90 Å². The molecule has 0 radical (unpaired) electrons. The van der Waals surface area contributed by atoms with Gasteiger partial charge in [-0.15, -0.1) is 0 Å². The highest BCUT2D eigenvalue weighted by atomic mass is 16.2. The Labute approximate surface area is 89.9 Å². The zero-order valence-corrected chi connectivity index (χ0v) is 9.16. The number of para-hydroxylation sites is 1. The van der Waals surface area contributed by atoms with E-state index in [4.69, 9.17) is 0 Å². The van der Waals surface area contributed by atoms with Gasteiger partial charge in [-0.2, -0.15) is 0 Å². The zero-order valence-electron chi connectivity index (χ0n) is 9.16. The molecule has 0 unspecified atom stereocenters. The quantitative estimate of drug-likeness (QED) is 0.683. The predicted molar refractivity (Wildman–Crippen MR) is 59.9 cm³/mol. The minimum absolute atomic E-state index is 0.0929. The molecule has 15 heavy (non-hydrogen) atoms. The van der Waals surface area contributed by atoms with Gasteiger partial charge >= 0.3 is 0 Å². The fraction of sp³-hybridized carbons (Fsp3) is 0.462. The third-order valence-electron chi connectivity index (χ3n) is 3.89. The Hall–Kier alpha value is -1.31. The summed E-state index contributed by atoms with van der Waals surface area (Å²) in [6.45, 7) is 4.91. The lowest BCUT2D eigenvalue weighted by molar-refractivity contribution is -0.123. The van der Waals surface area contributed by atoms with Crippen LogP contribution in [0.4, 0.5) is 5.69 Å². The van der Waals surface area contributed by atoms with Crippen molar-refractivity contribution in [3.8, 4) is 0 Å². The Bertz CT molecular complexity index is 440. The molecule has 1 fully saturated rings. The summed E-state index contributed by atoms with van der Waals surface area (Å²) in [5, 5.41) is 0. The van der Waals surface area contributed by atoms with Crippen molar-refractivity contribution in [2.45, 2.75) is 26.2 Å². The Morgan fingerprint density at radius 2 is 2.20 bits per heavy atom. The Morgan fingerprint density at radius 3 is 2.93 bits per heavy atom. The number of carbonyl (C=O) groups excluding carboxylic acids is 1. The SMILES string of the molecule is CCN1C(=O)[C@]2(C)C[C@@H]2c2ccccc21. The van der Waals surface area contributed by atoms with Crippen LogP contribution in [0.5, 0.6) is 0 Å². The van der Waals surface area contributed by atoms with Crippen LogP contribution in [0.15, 0.2) is 24.3 Å². The van der Waals surface area contributed by atoms with E-state index in [0.717, 1.165) is 18.7 Å². The highest BCUT2D eigenvalue weighted by Gasteiger charge is 2.61. The molecule has 2 aliphatic rings. The summed E-state index contributed by atoms with van der Waals surface area (Å²) < 4.78 is 0. The minimum Gasteiger partial charge on any atom is -0.312 e. The van der Waals surface area contributed by atoms with Crippen LogP contribution in [0.1, 0.15) is 31.7 Å². The van der Waals surface area contributed by atoms with Crippen LogP contribution in [0.25, 0.3) is 0 Å². The third kappa shape index (κ3) is 0.969. The molecule has 2 heteroatoms. The van der Waals surface area contributed by atoms with Gasteiger partial charge in [-0.1, -0.05) is 25.1 Å².